The number of hydrogen-bond donors (Lipinski definition) is 1. The van der Waals surface area contributed by atoms with E-state index in [9.17, 15) is 18.0 Å². The van der Waals surface area contributed by atoms with Gasteiger partial charge < -0.3 is 4.74 Å². The van der Waals surface area contributed by atoms with Crippen molar-refractivity contribution in [3.63, 3.8) is 0 Å². The number of hydrazone groups is 1. The Balaban J connectivity index is 1.59. The molecule has 8 nitrogen and oxygen atoms in total. The fraction of sp³-hybridized carbons (Fsp3) is 0.0870. The first-order valence-corrected chi connectivity index (χ1v) is 12.4. The number of anilines is 1. The van der Waals surface area contributed by atoms with Gasteiger partial charge in [-0.3, -0.25) is 9.10 Å². The number of esters is 1. The highest BCUT2D eigenvalue weighted by Gasteiger charge is 2.21. The number of sulfonamides is 1. The van der Waals surface area contributed by atoms with Gasteiger partial charge in [-0.2, -0.15) is 5.10 Å². The van der Waals surface area contributed by atoms with Gasteiger partial charge in [-0.05, 0) is 60.2 Å². The van der Waals surface area contributed by atoms with Crippen LogP contribution in [0.1, 0.15) is 15.9 Å². The zero-order valence-electron chi connectivity index (χ0n) is 17.8. The third kappa shape index (κ3) is 7.05. The molecule has 1 amide bonds. The van der Waals surface area contributed by atoms with Crippen LogP contribution in [0, 0.1) is 0 Å². The molecule has 11 heteroatoms. The maximum atomic E-state index is 12.3. The van der Waals surface area contributed by atoms with Crippen LogP contribution in [0.15, 0.2) is 77.9 Å². The number of ether oxygens (including phenoxy) is 1. The van der Waals surface area contributed by atoms with Crippen LogP contribution in [0.25, 0.3) is 0 Å². The molecule has 0 bridgehead atoms. The van der Waals surface area contributed by atoms with Crippen molar-refractivity contribution in [3.8, 4) is 5.75 Å². The minimum absolute atomic E-state index is 0.157. The Hall–Kier alpha value is -3.40. The zero-order valence-corrected chi connectivity index (χ0v) is 20.1. The average molecular weight is 520 g/mol. The predicted octanol–water partition coefficient (Wildman–Crippen LogP) is 4.13. The summed E-state index contributed by atoms with van der Waals surface area (Å²) in [7, 11) is -3.78. The fourth-order valence-corrected chi connectivity index (χ4v) is 3.89. The molecule has 0 saturated carbocycles. The molecule has 0 fully saturated rings. The monoisotopic (exact) mass is 519 g/mol. The van der Waals surface area contributed by atoms with Crippen LogP contribution in [-0.4, -0.2) is 39.3 Å². The summed E-state index contributed by atoms with van der Waals surface area (Å²) in [5, 5.41) is 4.25. The van der Waals surface area contributed by atoms with E-state index >= 15 is 0 Å². The Morgan fingerprint density at radius 1 is 1.00 bits per heavy atom. The van der Waals surface area contributed by atoms with E-state index in [4.69, 9.17) is 27.9 Å². The minimum atomic E-state index is -3.78. The lowest BCUT2D eigenvalue weighted by molar-refractivity contribution is -0.119. The molecular weight excluding hydrogens is 501 g/mol. The van der Waals surface area contributed by atoms with Gasteiger partial charge in [-0.25, -0.2) is 18.6 Å². The molecule has 0 aliphatic carbocycles. The van der Waals surface area contributed by atoms with Crippen molar-refractivity contribution >= 4 is 57.0 Å². The normalized spacial score (nSPS) is 11.3. The van der Waals surface area contributed by atoms with Gasteiger partial charge in [0, 0.05) is 0 Å². The Bertz CT molecular complexity index is 1310. The second-order valence-corrected chi connectivity index (χ2v) is 9.71. The number of carbonyl (C=O) groups is 2. The quantitative estimate of drug-likeness (QED) is 0.208. The number of nitrogens with zero attached hydrogens (tertiary/aromatic N) is 2. The van der Waals surface area contributed by atoms with E-state index in [1.165, 1.54) is 24.4 Å². The highest BCUT2D eigenvalue weighted by molar-refractivity contribution is 7.92. The number of rotatable bonds is 8. The number of nitrogens with one attached hydrogen (secondary N) is 1. The lowest BCUT2D eigenvalue weighted by Crippen LogP contribution is -2.39. The van der Waals surface area contributed by atoms with Gasteiger partial charge in [0.05, 0.1) is 33.8 Å². The molecule has 0 spiro atoms. The summed E-state index contributed by atoms with van der Waals surface area (Å²) in [6, 6.07) is 19.3. The molecule has 0 aliphatic rings. The average Bonchev–Trinajstić information content (AvgIpc) is 2.80. The van der Waals surface area contributed by atoms with E-state index in [2.05, 4.69) is 10.5 Å². The first-order valence-electron chi connectivity index (χ1n) is 9.75. The zero-order chi connectivity index (χ0) is 24.7. The molecule has 1 N–H and O–H groups in total. The highest BCUT2D eigenvalue weighted by Crippen LogP contribution is 2.28. The van der Waals surface area contributed by atoms with Crippen molar-refractivity contribution in [2.24, 2.45) is 5.10 Å². The van der Waals surface area contributed by atoms with Crippen molar-refractivity contribution in [2.45, 2.75) is 0 Å². The van der Waals surface area contributed by atoms with E-state index in [0.29, 0.717) is 16.9 Å². The molecular formula is C23H19Cl2N3O5S. The largest absolute Gasteiger partial charge is 0.423 e. The van der Waals surface area contributed by atoms with Crippen LogP contribution in [-0.2, 0) is 14.8 Å². The first-order chi connectivity index (χ1) is 16.1. The van der Waals surface area contributed by atoms with Crippen LogP contribution < -0.4 is 14.5 Å². The Labute approximate surface area is 206 Å². The Kier molecular flexibility index (Phi) is 8.27. The maximum Gasteiger partial charge on any atom is 0.343 e. The molecule has 176 valence electrons. The lowest BCUT2D eigenvalue weighted by Gasteiger charge is -2.21. The van der Waals surface area contributed by atoms with Gasteiger partial charge in [0.2, 0.25) is 10.0 Å². The second-order valence-electron chi connectivity index (χ2n) is 6.99. The summed E-state index contributed by atoms with van der Waals surface area (Å²) in [6.07, 6.45) is 2.34. The SMILES string of the molecule is CS(=O)(=O)N(CC(=O)NN=Cc1ccc(OC(=O)c2ccccc2)cc1)c1ccc(Cl)c(Cl)c1. The van der Waals surface area contributed by atoms with Crippen molar-refractivity contribution in [1.82, 2.24) is 5.43 Å². The van der Waals surface area contributed by atoms with Gasteiger partial charge in [0.1, 0.15) is 12.3 Å². The second kappa shape index (κ2) is 11.1. The third-order valence-electron chi connectivity index (χ3n) is 4.38. The summed E-state index contributed by atoms with van der Waals surface area (Å²) in [5.74, 6) is -0.798. The molecule has 3 aromatic rings. The minimum Gasteiger partial charge on any atom is -0.423 e. The van der Waals surface area contributed by atoms with Crippen LogP contribution >= 0.6 is 23.2 Å². The first kappa shape index (κ1) is 25.2. The summed E-state index contributed by atoms with van der Waals surface area (Å²) in [5.41, 5.74) is 3.51. The predicted molar refractivity (Wildman–Crippen MR) is 132 cm³/mol. The van der Waals surface area contributed by atoms with Crippen LogP contribution in [0.2, 0.25) is 10.0 Å². The maximum absolute atomic E-state index is 12.3. The summed E-state index contributed by atoms with van der Waals surface area (Å²) < 4.78 is 30.5. The molecule has 3 rings (SSSR count). The van der Waals surface area contributed by atoms with Crippen LogP contribution in [0.4, 0.5) is 5.69 Å². The number of benzene rings is 3. The van der Waals surface area contributed by atoms with E-state index in [0.717, 1.165) is 10.6 Å². The van der Waals surface area contributed by atoms with Crippen LogP contribution in [0.3, 0.4) is 0 Å². The number of halogens is 2. The van der Waals surface area contributed by atoms with Gasteiger partial charge in [0.15, 0.2) is 0 Å². The van der Waals surface area contributed by atoms with Gasteiger partial charge in [0.25, 0.3) is 5.91 Å². The van der Waals surface area contributed by atoms with Crippen molar-refractivity contribution in [3.05, 3.63) is 94.0 Å². The van der Waals surface area contributed by atoms with Gasteiger partial charge in [-0.15, -0.1) is 0 Å². The van der Waals surface area contributed by atoms with E-state index in [1.807, 2.05) is 0 Å². The Morgan fingerprint density at radius 2 is 1.68 bits per heavy atom. The number of carbonyl (C=O) groups excluding carboxylic acids is 2. The summed E-state index contributed by atoms with van der Waals surface area (Å²) in [6.45, 7) is -0.511. The van der Waals surface area contributed by atoms with Crippen molar-refractivity contribution in [2.75, 3.05) is 17.1 Å². The molecule has 0 heterocycles. The molecule has 0 radical (unpaired) electrons. The van der Waals surface area contributed by atoms with Crippen molar-refractivity contribution in [1.29, 1.82) is 0 Å². The van der Waals surface area contributed by atoms with Crippen LogP contribution in [0.5, 0.6) is 5.75 Å². The molecule has 0 saturated heterocycles. The smallest absolute Gasteiger partial charge is 0.343 e. The molecule has 3 aromatic carbocycles. The number of amides is 1. The molecule has 0 atom stereocenters. The molecule has 0 aromatic heterocycles. The van der Waals surface area contributed by atoms with E-state index < -0.39 is 28.4 Å². The standard InChI is InChI=1S/C23H19Cl2N3O5S/c1-34(31,32)28(18-9-12-20(24)21(25)13-18)15-22(29)27-26-14-16-7-10-19(11-8-16)33-23(30)17-5-3-2-4-6-17/h2-14H,15H2,1H3,(H,27,29). The molecule has 0 aliphatic heterocycles. The van der Waals surface area contributed by atoms with Crippen molar-refractivity contribution < 1.29 is 22.7 Å². The molecule has 34 heavy (non-hydrogen) atoms. The van der Waals surface area contributed by atoms with Gasteiger partial charge >= 0.3 is 5.97 Å². The fourth-order valence-electron chi connectivity index (χ4n) is 2.75. The molecule has 0 unspecified atom stereocenters. The van der Waals surface area contributed by atoms with Gasteiger partial charge in [-0.1, -0.05) is 41.4 Å². The van der Waals surface area contributed by atoms with E-state index in [-0.39, 0.29) is 15.7 Å². The summed E-state index contributed by atoms with van der Waals surface area (Å²) in [4.78, 5) is 24.4. The Morgan fingerprint density at radius 3 is 2.29 bits per heavy atom. The lowest BCUT2D eigenvalue weighted by atomic mass is 10.2. The topological polar surface area (TPSA) is 105 Å². The highest BCUT2D eigenvalue weighted by atomic mass is 35.5. The number of hydrogen-bond acceptors (Lipinski definition) is 6. The van der Waals surface area contributed by atoms with E-state index in [1.54, 1.807) is 54.6 Å². The summed E-state index contributed by atoms with van der Waals surface area (Å²) >= 11 is 11.8. The third-order valence-corrected chi connectivity index (χ3v) is 6.26.